The Bertz CT molecular complexity index is 1150. The van der Waals surface area contributed by atoms with Crippen LogP contribution in [0.15, 0.2) is 60.6 Å². The van der Waals surface area contributed by atoms with Crippen molar-refractivity contribution in [2.45, 2.75) is 11.4 Å². The Balaban J connectivity index is 1.52. The molecule has 11 heteroatoms. The van der Waals surface area contributed by atoms with Gasteiger partial charge >= 0.3 is 0 Å². The van der Waals surface area contributed by atoms with Gasteiger partial charge in [-0.25, -0.2) is 13.1 Å². The summed E-state index contributed by atoms with van der Waals surface area (Å²) in [6.45, 7) is -0.142. The number of benzene rings is 2. The molecule has 1 aliphatic rings. The van der Waals surface area contributed by atoms with E-state index in [9.17, 15) is 8.42 Å². The van der Waals surface area contributed by atoms with E-state index in [-0.39, 0.29) is 17.3 Å². The maximum Gasteiger partial charge on any atom is 0.243 e. The van der Waals surface area contributed by atoms with Crippen LogP contribution in [0.4, 0.5) is 11.4 Å². The van der Waals surface area contributed by atoms with Gasteiger partial charge in [-0.2, -0.15) is 13.7 Å². The van der Waals surface area contributed by atoms with Gasteiger partial charge in [0.2, 0.25) is 21.7 Å². The SMILES string of the molecule is O=S(=O)(NCc1nc(-c2ccc(Cl)cc2)no1)c1cccc2c1N=S=N2. The summed E-state index contributed by atoms with van der Waals surface area (Å²) >= 11 is 6.80. The molecule has 1 aromatic heterocycles. The van der Waals surface area contributed by atoms with E-state index in [4.69, 9.17) is 16.1 Å². The summed E-state index contributed by atoms with van der Waals surface area (Å²) < 4.78 is 40.7. The van der Waals surface area contributed by atoms with Crippen molar-refractivity contribution in [1.29, 1.82) is 0 Å². The van der Waals surface area contributed by atoms with Crippen molar-refractivity contribution in [3.63, 3.8) is 0 Å². The third-order valence-corrected chi connectivity index (χ3v) is 5.75. The molecule has 0 radical (unpaired) electrons. The fraction of sp³-hybridized carbons (Fsp3) is 0.0667. The lowest BCUT2D eigenvalue weighted by molar-refractivity contribution is 0.376. The highest BCUT2D eigenvalue weighted by Crippen LogP contribution is 2.37. The van der Waals surface area contributed by atoms with Crippen LogP contribution in [0.5, 0.6) is 0 Å². The van der Waals surface area contributed by atoms with Gasteiger partial charge < -0.3 is 4.52 Å². The average Bonchev–Trinajstić information content (AvgIpc) is 3.29. The maximum absolute atomic E-state index is 12.6. The molecular formula is C15H10ClN5O3S2. The van der Waals surface area contributed by atoms with E-state index in [1.54, 1.807) is 36.4 Å². The minimum Gasteiger partial charge on any atom is -0.338 e. The number of aromatic nitrogens is 2. The van der Waals surface area contributed by atoms with Crippen LogP contribution in [0.2, 0.25) is 5.02 Å². The van der Waals surface area contributed by atoms with Gasteiger partial charge in [-0.3, -0.25) is 0 Å². The Hall–Kier alpha value is -2.40. The summed E-state index contributed by atoms with van der Waals surface area (Å²) in [5.74, 6) is 0.490. The highest BCUT2D eigenvalue weighted by atomic mass is 35.5. The summed E-state index contributed by atoms with van der Waals surface area (Å²) in [6, 6.07) is 11.7. The van der Waals surface area contributed by atoms with E-state index in [1.165, 1.54) is 6.07 Å². The second-order valence-corrected chi connectivity index (χ2v) is 7.93. The van der Waals surface area contributed by atoms with E-state index in [1.807, 2.05) is 0 Å². The van der Waals surface area contributed by atoms with Crippen molar-refractivity contribution in [1.82, 2.24) is 14.9 Å². The van der Waals surface area contributed by atoms with Crippen molar-refractivity contribution in [2.24, 2.45) is 8.73 Å². The van der Waals surface area contributed by atoms with E-state index >= 15 is 0 Å². The Morgan fingerprint density at radius 1 is 1.12 bits per heavy atom. The first-order valence-corrected chi connectivity index (χ1v) is 9.91. The van der Waals surface area contributed by atoms with Crippen LogP contribution >= 0.6 is 11.6 Å². The summed E-state index contributed by atoms with van der Waals surface area (Å²) in [5, 5.41) is 4.44. The van der Waals surface area contributed by atoms with E-state index in [0.717, 1.165) is 11.4 Å². The highest BCUT2D eigenvalue weighted by Gasteiger charge is 2.23. The van der Waals surface area contributed by atoms with Crippen LogP contribution in [-0.2, 0) is 27.9 Å². The number of hydrogen-bond donors (Lipinski definition) is 1. The second-order valence-electron chi connectivity index (χ2n) is 5.23. The topological polar surface area (TPSA) is 110 Å². The summed E-state index contributed by atoms with van der Waals surface area (Å²) in [5.41, 5.74) is 1.57. The standard InChI is InChI=1S/C15H10ClN5O3S2/c16-10-6-4-9(5-7-10)15-18-13(24-19-15)8-17-26(22,23)12-3-1-2-11-14(12)21-25-20-11/h1-7,17H,8H2. The normalized spacial score (nSPS) is 12.8. The van der Waals surface area contributed by atoms with Crippen molar-refractivity contribution in [2.75, 3.05) is 0 Å². The molecule has 132 valence electrons. The van der Waals surface area contributed by atoms with Gasteiger partial charge in [0.05, 0.1) is 17.9 Å². The van der Waals surface area contributed by atoms with Crippen molar-refractivity contribution in [3.05, 3.63) is 53.4 Å². The Labute approximate surface area is 157 Å². The minimum absolute atomic E-state index is 0.0567. The molecular weight excluding hydrogens is 398 g/mol. The lowest BCUT2D eigenvalue weighted by Crippen LogP contribution is -2.23. The first-order chi connectivity index (χ1) is 12.5. The summed E-state index contributed by atoms with van der Waals surface area (Å²) in [4.78, 5) is 4.24. The van der Waals surface area contributed by atoms with Gasteiger partial charge in [0.1, 0.15) is 16.3 Å². The summed E-state index contributed by atoms with van der Waals surface area (Å²) in [6.07, 6.45) is 0. The zero-order valence-electron chi connectivity index (χ0n) is 13.0. The molecule has 0 bridgehead atoms. The van der Waals surface area contributed by atoms with E-state index in [2.05, 4.69) is 23.6 Å². The lowest BCUT2D eigenvalue weighted by Gasteiger charge is -2.06. The Morgan fingerprint density at radius 3 is 2.73 bits per heavy atom. The molecule has 0 unspecified atom stereocenters. The molecule has 1 aliphatic heterocycles. The molecule has 0 atom stereocenters. The van der Waals surface area contributed by atoms with Crippen LogP contribution < -0.4 is 4.72 Å². The molecule has 0 spiro atoms. The molecule has 0 fully saturated rings. The van der Waals surface area contributed by atoms with Crippen LogP contribution in [-0.4, -0.2) is 18.6 Å². The maximum atomic E-state index is 12.6. The van der Waals surface area contributed by atoms with Gasteiger partial charge in [-0.05, 0) is 36.4 Å². The largest absolute Gasteiger partial charge is 0.338 e. The van der Waals surface area contributed by atoms with Gasteiger partial charge in [-0.15, -0.1) is 0 Å². The molecule has 0 aliphatic carbocycles. The first-order valence-electron chi connectivity index (χ1n) is 7.32. The lowest BCUT2D eigenvalue weighted by atomic mass is 10.2. The molecule has 0 saturated carbocycles. The smallest absolute Gasteiger partial charge is 0.243 e. The zero-order chi connectivity index (χ0) is 18.1. The van der Waals surface area contributed by atoms with Crippen LogP contribution in [0.3, 0.4) is 0 Å². The summed E-state index contributed by atoms with van der Waals surface area (Å²) in [7, 11) is -3.81. The molecule has 8 nitrogen and oxygen atoms in total. The van der Waals surface area contributed by atoms with Gasteiger partial charge in [-0.1, -0.05) is 22.8 Å². The number of hydrogen-bond acceptors (Lipinski definition) is 7. The van der Waals surface area contributed by atoms with Crippen molar-refractivity contribution >= 4 is 44.4 Å². The highest BCUT2D eigenvalue weighted by molar-refractivity contribution is 7.89. The molecule has 26 heavy (non-hydrogen) atoms. The molecule has 0 saturated heterocycles. The quantitative estimate of drug-likeness (QED) is 0.543. The minimum atomic E-state index is -3.81. The van der Waals surface area contributed by atoms with E-state index in [0.29, 0.717) is 27.8 Å². The second kappa shape index (κ2) is 6.72. The molecule has 2 heterocycles. The fourth-order valence-corrected chi connectivity index (χ4v) is 4.14. The number of nitrogens with one attached hydrogen (secondary N) is 1. The Morgan fingerprint density at radius 2 is 1.92 bits per heavy atom. The molecule has 3 aromatic rings. The Kier molecular flexibility index (Phi) is 4.41. The third-order valence-electron chi connectivity index (χ3n) is 3.52. The van der Waals surface area contributed by atoms with Gasteiger partial charge in [0.15, 0.2) is 0 Å². The van der Waals surface area contributed by atoms with Crippen LogP contribution in [0.25, 0.3) is 11.4 Å². The van der Waals surface area contributed by atoms with Crippen LogP contribution in [0.1, 0.15) is 5.89 Å². The average molecular weight is 408 g/mol. The van der Waals surface area contributed by atoms with Gasteiger partial charge in [0, 0.05) is 10.6 Å². The van der Waals surface area contributed by atoms with E-state index < -0.39 is 10.0 Å². The number of rotatable bonds is 5. The number of fused-ring (bicyclic) bond motifs is 1. The number of sulfonamides is 1. The van der Waals surface area contributed by atoms with Gasteiger partial charge in [0.25, 0.3) is 0 Å². The number of halogens is 1. The predicted octanol–water partition coefficient (Wildman–Crippen LogP) is 3.59. The fourth-order valence-electron chi connectivity index (χ4n) is 2.28. The van der Waals surface area contributed by atoms with Crippen molar-refractivity contribution in [3.8, 4) is 11.4 Å². The molecule has 2 aromatic carbocycles. The van der Waals surface area contributed by atoms with Crippen LogP contribution in [0, 0.1) is 0 Å². The van der Waals surface area contributed by atoms with Crippen molar-refractivity contribution < 1.29 is 12.9 Å². The third kappa shape index (κ3) is 3.31. The molecule has 1 N–H and O–H groups in total. The monoisotopic (exact) mass is 407 g/mol. The molecule has 4 rings (SSSR count). The first kappa shape index (κ1) is 17.0. The number of nitrogens with zero attached hydrogens (tertiary/aromatic N) is 4. The zero-order valence-corrected chi connectivity index (χ0v) is 15.3. The molecule has 0 amide bonds. The predicted molar refractivity (Wildman–Crippen MR) is 96.8 cm³/mol.